The number of alkyl halides is 4. The van der Waals surface area contributed by atoms with E-state index in [4.69, 9.17) is 4.42 Å². The molecule has 0 N–H and O–H groups in total. The molecule has 0 aromatic carbocycles. The van der Waals surface area contributed by atoms with Crippen LogP contribution in [0, 0.1) is 5.95 Å². The molecule has 0 amide bonds. The molecule has 0 unspecified atom stereocenters. The Kier molecular flexibility index (Phi) is 5.55. The third kappa shape index (κ3) is 4.09. The second kappa shape index (κ2) is 7.75. The van der Waals surface area contributed by atoms with E-state index in [0.717, 1.165) is 35.9 Å². The van der Waals surface area contributed by atoms with Gasteiger partial charge in [0.05, 0.1) is 24.6 Å². The van der Waals surface area contributed by atoms with Gasteiger partial charge in [0.1, 0.15) is 9.88 Å². The zero-order valence-electron chi connectivity index (χ0n) is 13.3. The van der Waals surface area contributed by atoms with Crippen LogP contribution in [0.3, 0.4) is 0 Å². The number of pyridine rings is 1. The van der Waals surface area contributed by atoms with Gasteiger partial charge >= 0.3 is 12.2 Å². The molecular formula is C13H8F5N5O3S2. The summed E-state index contributed by atoms with van der Waals surface area (Å²) in [7, 11) is -5.11. The van der Waals surface area contributed by atoms with Gasteiger partial charge in [-0.1, -0.05) is 0 Å². The molecule has 8 nitrogen and oxygen atoms in total. The number of halogens is 5. The van der Waals surface area contributed by atoms with Gasteiger partial charge in [-0.05, 0) is 12.1 Å². The molecule has 3 heterocycles. The van der Waals surface area contributed by atoms with Gasteiger partial charge in [-0.3, -0.25) is 4.31 Å². The maximum atomic E-state index is 13.0. The summed E-state index contributed by atoms with van der Waals surface area (Å²) in [5.41, 5.74) is -0.309. The van der Waals surface area contributed by atoms with Gasteiger partial charge in [0.2, 0.25) is 5.95 Å². The van der Waals surface area contributed by atoms with Crippen molar-refractivity contribution in [2.24, 2.45) is 0 Å². The Bertz CT molecular complexity index is 1050. The molecule has 3 aromatic rings. The Morgan fingerprint density at radius 1 is 1.11 bits per heavy atom. The maximum absolute atomic E-state index is 13.0. The molecule has 0 saturated heterocycles. The van der Waals surface area contributed by atoms with Crippen molar-refractivity contribution in [3.63, 3.8) is 0 Å². The first-order valence-electron chi connectivity index (χ1n) is 7.16. The minimum atomic E-state index is -5.11. The molecule has 15 heteroatoms. The maximum Gasteiger partial charge on any atom is 0.355 e. The van der Waals surface area contributed by atoms with E-state index in [1.54, 1.807) is 0 Å². The topological polar surface area (TPSA) is 102 Å². The van der Waals surface area contributed by atoms with Crippen molar-refractivity contribution in [3.05, 3.63) is 41.4 Å². The molecule has 0 aliphatic heterocycles. The highest BCUT2D eigenvalue weighted by Crippen LogP contribution is 2.30. The average Bonchev–Trinajstić information content (AvgIpc) is 3.29. The van der Waals surface area contributed by atoms with E-state index in [1.807, 2.05) is 0 Å². The molecule has 0 aliphatic carbocycles. The van der Waals surface area contributed by atoms with E-state index in [9.17, 15) is 30.4 Å². The van der Waals surface area contributed by atoms with Crippen LogP contribution in [0.1, 0.15) is 17.3 Å². The summed E-state index contributed by atoms with van der Waals surface area (Å²) >= 11 is 0.767. The third-order valence-corrected chi connectivity index (χ3v) is 5.58. The van der Waals surface area contributed by atoms with Gasteiger partial charge in [-0.15, -0.1) is 21.5 Å². The van der Waals surface area contributed by atoms with Crippen LogP contribution in [0.4, 0.5) is 27.6 Å². The largest absolute Gasteiger partial charge is 0.414 e. The molecule has 0 aliphatic rings. The Labute approximate surface area is 157 Å². The van der Waals surface area contributed by atoms with Crippen molar-refractivity contribution in [2.45, 2.75) is 18.7 Å². The number of thiazole rings is 1. The van der Waals surface area contributed by atoms with Crippen molar-refractivity contribution in [2.75, 3.05) is 4.31 Å². The number of rotatable bonds is 7. The average molecular weight is 441 g/mol. The zero-order valence-corrected chi connectivity index (χ0v) is 15.0. The highest BCUT2D eigenvalue weighted by Gasteiger charge is 2.33. The minimum Gasteiger partial charge on any atom is -0.414 e. The first kappa shape index (κ1) is 20.1. The molecule has 0 bridgehead atoms. The normalized spacial score (nSPS) is 12.1. The summed E-state index contributed by atoms with van der Waals surface area (Å²) in [4.78, 5) is 7.23. The predicted molar refractivity (Wildman–Crippen MR) is 85.7 cm³/mol. The number of anilines is 1. The smallest absolute Gasteiger partial charge is 0.355 e. The number of aromatic nitrogens is 4. The Morgan fingerprint density at radius 3 is 2.43 bits per heavy atom. The van der Waals surface area contributed by atoms with Crippen LogP contribution in [-0.2, 0) is 16.6 Å². The molecule has 28 heavy (non-hydrogen) atoms. The first-order valence-corrected chi connectivity index (χ1v) is 9.48. The van der Waals surface area contributed by atoms with Gasteiger partial charge in [0.15, 0.2) is 0 Å². The summed E-state index contributed by atoms with van der Waals surface area (Å²) in [6, 6.07) is 1.77. The highest BCUT2D eigenvalue weighted by molar-refractivity contribution is 7.93. The fraction of sp³-hybridized carbons (Fsp3) is 0.231. The summed E-state index contributed by atoms with van der Waals surface area (Å²) in [6.45, 7) is -0.638. The van der Waals surface area contributed by atoms with E-state index >= 15 is 0 Å². The lowest BCUT2D eigenvalue weighted by Gasteiger charge is -2.22. The Balaban J connectivity index is 1.91. The fourth-order valence-corrected chi connectivity index (χ4v) is 3.77. The molecule has 150 valence electrons. The molecule has 3 rings (SSSR count). The van der Waals surface area contributed by atoms with Crippen LogP contribution < -0.4 is 4.31 Å². The van der Waals surface area contributed by atoms with Crippen molar-refractivity contribution in [1.29, 1.82) is 0 Å². The molecule has 0 spiro atoms. The van der Waals surface area contributed by atoms with E-state index < -0.39 is 40.6 Å². The van der Waals surface area contributed by atoms with Crippen LogP contribution >= 0.6 is 11.3 Å². The lowest BCUT2D eigenvalue weighted by atomic mass is 10.4. The van der Waals surface area contributed by atoms with Crippen molar-refractivity contribution in [3.8, 4) is 10.8 Å². The van der Waals surface area contributed by atoms with Crippen LogP contribution in [0.2, 0.25) is 0 Å². The van der Waals surface area contributed by atoms with Gasteiger partial charge in [-0.25, -0.2) is 18.4 Å². The predicted octanol–water partition coefficient (Wildman–Crippen LogP) is 3.22. The van der Waals surface area contributed by atoms with E-state index in [-0.39, 0.29) is 21.5 Å². The van der Waals surface area contributed by atoms with Crippen LogP contribution in [0.5, 0.6) is 0 Å². The summed E-state index contributed by atoms with van der Waals surface area (Å²) in [5.74, 6) is -5.88. The monoisotopic (exact) mass is 441 g/mol. The summed E-state index contributed by atoms with van der Waals surface area (Å²) in [5, 5.41) is 6.57. The standard InChI is InChI=1S/C13H8F5N5O3S2/c14-8-2-1-6(3-19-8)23(28(24,25)13(17)18)5-9-20-4-7(27-9)11-21-22-12(26-11)10(15)16/h1-4,10,13H,5H2. The van der Waals surface area contributed by atoms with Crippen LogP contribution in [-0.4, -0.2) is 34.3 Å². The Morgan fingerprint density at radius 2 is 1.86 bits per heavy atom. The van der Waals surface area contributed by atoms with E-state index in [1.165, 1.54) is 0 Å². The Hall–Kier alpha value is -2.68. The molecule has 0 atom stereocenters. The molecule has 0 radical (unpaired) electrons. The van der Waals surface area contributed by atoms with Crippen LogP contribution in [0.15, 0.2) is 28.9 Å². The number of hydrogen-bond donors (Lipinski definition) is 0. The molecule has 0 fully saturated rings. The molecule has 3 aromatic heterocycles. The fourth-order valence-electron chi connectivity index (χ4n) is 1.97. The lowest BCUT2D eigenvalue weighted by molar-refractivity contribution is 0.116. The van der Waals surface area contributed by atoms with Crippen LogP contribution in [0.25, 0.3) is 10.8 Å². The quantitative estimate of drug-likeness (QED) is 0.410. The minimum absolute atomic E-state index is 0.0142. The van der Waals surface area contributed by atoms with Crippen molar-refractivity contribution >= 4 is 27.0 Å². The van der Waals surface area contributed by atoms with E-state index in [2.05, 4.69) is 20.2 Å². The number of hydrogen-bond acceptors (Lipinski definition) is 8. The van der Waals surface area contributed by atoms with Gasteiger partial charge < -0.3 is 4.42 Å². The summed E-state index contributed by atoms with van der Waals surface area (Å²) < 4.78 is 93.1. The molecular weight excluding hydrogens is 433 g/mol. The second-order valence-corrected chi connectivity index (χ2v) is 7.96. The number of nitrogens with zero attached hydrogens (tertiary/aromatic N) is 5. The van der Waals surface area contributed by atoms with Crippen molar-refractivity contribution in [1.82, 2.24) is 20.2 Å². The highest BCUT2D eigenvalue weighted by atomic mass is 32.2. The van der Waals surface area contributed by atoms with Gasteiger partial charge in [0.25, 0.3) is 21.8 Å². The second-order valence-electron chi connectivity index (χ2n) is 5.02. The molecule has 0 saturated carbocycles. The van der Waals surface area contributed by atoms with Crippen molar-refractivity contribution < 1.29 is 34.8 Å². The van der Waals surface area contributed by atoms with Gasteiger partial charge in [0, 0.05) is 0 Å². The SMILES string of the molecule is O=S(=O)(C(F)F)N(Cc1ncc(-c2nnc(C(F)F)o2)s1)c1ccc(F)nc1. The first-order chi connectivity index (χ1) is 13.2. The number of sulfonamides is 1. The summed E-state index contributed by atoms with van der Waals surface area (Å²) in [6.07, 6.45) is -1.07. The lowest BCUT2D eigenvalue weighted by Crippen LogP contribution is -2.35. The third-order valence-electron chi connectivity index (χ3n) is 3.20. The van der Waals surface area contributed by atoms with Gasteiger partial charge in [-0.2, -0.15) is 22.0 Å². The zero-order chi connectivity index (χ0) is 20.5. The van der Waals surface area contributed by atoms with E-state index in [0.29, 0.717) is 4.31 Å².